The summed E-state index contributed by atoms with van der Waals surface area (Å²) in [5, 5.41) is 9.12. The molecule has 0 aromatic carbocycles. The van der Waals surface area contributed by atoms with E-state index in [9.17, 15) is 9.59 Å². The minimum absolute atomic E-state index is 0.0401. The zero-order chi connectivity index (χ0) is 11.6. The first-order chi connectivity index (χ1) is 6.17. The monoisotopic (exact) mass is 204 g/mol. The molecule has 0 aliphatic rings. The Bertz CT molecular complexity index is 244. The van der Waals surface area contributed by atoms with Crippen LogP contribution in [0.1, 0.15) is 20.3 Å². The Hall–Kier alpha value is -1.10. The molecule has 0 radical (unpaired) electrons. The molecule has 0 saturated heterocycles. The number of hydrogen-bond donors (Lipinski definition) is 1. The van der Waals surface area contributed by atoms with Crippen LogP contribution in [-0.4, -0.2) is 48.4 Å². The number of hydrogen-bond acceptors (Lipinski definition) is 3. The summed E-state index contributed by atoms with van der Waals surface area (Å²) < 4.78 is 4.99. The molecule has 0 aromatic heterocycles. The third-order valence-electron chi connectivity index (χ3n) is 2.21. The average molecular weight is 204 g/mol. The maximum absolute atomic E-state index is 11.1. The SMILES string of the molecule is CC[C@](OC(C)=O)(C(=O)O)[N+](C)(C)C. The van der Waals surface area contributed by atoms with E-state index in [-0.39, 0.29) is 10.9 Å². The number of carbonyl (C=O) groups excluding carboxylic acids is 1. The number of aliphatic carboxylic acids is 1. The maximum atomic E-state index is 11.1. The number of rotatable bonds is 4. The number of quaternary nitrogens is 1. The minimum atomic E-state index is -1.49. The molecule has 0 rings (SSSR count). The summed E-state index contributed by atoms with van der Waals surface area (Å²) in [6.07, 6.45) is 0.228. The molecule has 0 bridgehead atoms. The number of ether oxygens (including phenoxy) is 1. The number of nitrogens with zero attached hydrogens (tertiary/aromatic N) is 1. The van der Waals surface area contributed by atoms with E-state index in [1.807, 2.05) is 0 Å². The van der Waals surface area contributed by atoms with Crippen LogP contribution in [0.25, 0.3) is 0 Å². The Morgan fingerprint density at radius 2 is 1.79 bits per heavy atom. The van der Waals surface area contributed by atoms with Crippen LogP contribution >= 0.6 is 0 Å². The Balaban J connectivity index is 5.20. The van der Waals surface area contributed by atoms with Crippen LogP contribution in [0.4, 0.5) is 0 Å². The van der Waals surface area contributed by atoms with Crippen molar-refractivity contribution < 1.29 is 23.9 Å². The highest BCUT2D eigenvalue weighted by Crippen LogP contribution is 2.25. The third-order valence-corrected chi connectivity index (χ3v) is 2.21. The van der Waals surface area contributed by atoms with Gasteiger partial charge in [-0.15, -0.1) is 0 Å². The summed E-state index contributed by atoms with van der Waals surface area (Å²) >= 11 is 0. The summed E-state index contributed by atoms with van der Waals surface area (Å²) in [7, 11) is 5.04. The van der Waals surface area contributed by atoms with Crippen LogP contribution in [0.3, 0.4) is 0 Å². The highest BCUT2D eigenvalue weighted by Gasteiger charge is 2.53. The normalized spacial score (nSPS) is 15.8. The molecule has 5 heteroatoms. The van der Waals surface area contributed by atoms with Gasteiger partial charge in [0, 0.05) is 6.92 Å². The standard InChI is InChI=1S/C9H17NO4/c1-6-9(8(12)13,10(3,4)5)14-7(2)11/h6H2,1-5H3/p+1/t9-/m0/s1. The third kappa shape index (κ3) is 2.23. The van der Waals surface area contributed by atoms with Crippen molar-refractivity contribution >= 4 is 11.9 Å². The Morgan fingerprint density at radius 3 is 1.86 bits per heavy atom. The molecular weight excluding hydrogens is 186 g/mol. The predicted molar refractivity (Wildman–Crippen MR) is 50.5 cm³/mol. The van der Waals surface area contributed by atoms with Gasteiger partial charge in [0.05, 0.1) is 27.6 Å². The molecule has 1 N–H and O–H groups in total. The maximum Gasteiger partial charge on any atom is 0.408 e. The van der Waals surface area contributed by atoms with Crippen LogP contribution < -0.4 is 0 Å². The fraction of sp³-hybridized carbons (Fsp3) is 0.778. The lowest BCUT2D eigenvalue weighted by atomic mass is 10.1. The largest absolute Gasteiger partial charge is 0.474 e. The molecule has 0 amide bonds. The fourth-order valence-electron chi connectivity index (χ4n) is 1.40. The average Bonchev–Trinajstić information content (AvgIpc) is 1.96. The Labute approximate surface area is 83.9 Å². The van der Waals surface area contributed by atoms with Crippen molar-refractivity contribution in [1.29, 1.82) is 0 Å². The van der Waals surface area contributed by atoms with Gasteiger partial charge in [0.2, 0.25) is 0 Å². The molecule has 5 nitrogen and oxygen atoms in total. The summed E-state index contributed by atoms with van der Waals surface area (Å²) in [5.74, 6) is -1.70. The molecular formula is C9H18NO4+. The number of likely N-dealkylation sites (N-methyl/N-ethyl adjacent to an activating group) is 1. The van der Waals surface area contributed by atoms with Gasteiger partial charge in [-0.05, 0) is 0 Å². The first kappa shape index (κ1) is 12.9. The summed E-state index contributed by atoms with van der Waals surface area (Å²) in [6.45, 7) is 2.89. The molecule has 0 heterocycles. The van der Waals surface area contributed by atoms with E-state index < -0.39 is 17.7 Å². The zero-order valence-electron chi connectivity index (χ0n) is 9.33. The van der Waals surface area contributed by atoms with Gasteiger partial charge >= 0.3 is 17.7 Å². The van der Waals surface area contributed by atoms with Gasteiger partial charge in [-0.2, -0.15) is 0 Å². The lowest BCUT2D eigenvalue weighted by Gasteiger charge is -2.40. The van der Waals surface area contributed by atoms with E-state index >= 15 is 0 Å². The number of carboxylic acid groups (broad SMARTS) is 1. The van der Waals surface area contributed by atoms with E-state index in [4.69, 9.17) is 9.84 Å². The summed E-state index contributed by atoms with van der Waals surface area (Å²) in [5.41, 5.74) is -1.49. The topological polar surface area (TPSA) is 63.6 Å². The number of carbonyl (C=O) groups is 2. The van der Waals surface area contributed by atoms with E-state index in [2.05, 4.69) is 0 Å². The van der Waals surface area contributed by atoms with Crippen molar-refractivity contribution in [2.45, 2.75) is 26.0 Å². The first-order valence-electron chi connectivity index (χ1n) is 4.42. The van der Waals surface area contributed by atoms with Crippen molar-refractivity contribution in [1.82, 2.24) is 0 Å². The van der Waals surface area contributed by atoms with E-state index in [0.29, 0.717) is 0 Å². The summed E-state index contributed by atoms with van der Waals surface area (Å²) in [4.78, 5) is 22.0. The second-order valence-corrected chi connectivity index (χ2v) is 4.05. The molecule has 0 aliphatic carbocycles. The Kier molecular flexibility index (Phi) is 3.65. The molecule has 0 aromatic rings. The second kappa shape index (κ2) is 3.96. The molecule has 1 atom stereocenters. The van der Waals surface area contributed by atoms with Crippen LogP contribution in [0, 0.1) is 0 Å². The van der Waals surface area contributed by atoms with E-state index in [1.54, 1.807) is 28.1 Å². The lowest BCUT2D eigenvalue weighted by molar-refractivity contribution is -0.937. The van der Waals surface area contributed by atoms with Crippen LogP contribution in [0.2, 0.25) is 0 Å². The van der Waals surface area contributed by atoms with E-state index in [0.717, 1.165) is 0 Å². The van der Waals surface area contributed by atoms with Gasteiger partial charge < -0.3 is 9.84 Å². The highest BCUT2D eigenvalue weighted by atomic mass is 16.6. The van der Waals surface area contributed by atoms with Gasteiger partial charge in [-0.25, -0.2) is 4.79 Å². The lowest BCUT2D eigenvalue weighted by Crippen LogP contribution is -2.63. The van der Waals surface area contributed by atoms with Gasteiger partial charge in [-0.3, -0.25) is 9.28 Å². The number of carboxylic acids is 1. The van der Waals surface area contributed by atoms with Crippen molar-refractivity contribution in [3.05, 3.63) is 0 Å². The van der Waals surface area contributed by atoms with Crippen molar-refractivity contribution in [3.63, 3.8) is 0 Å². The molecule has 14 heavy (non-hydrogen) atoms. The first-order valence-corrected chi connectivity index (χ1v) is 4.42. The smallest absolute Gasteiger partial charge is 0.408 e. The van der Waals surface area contributed by atoms with Crippen LogP contribution in [0.5, 0.6) is 0 Å². The zero-order valence-corrected chi connectivity index (χ0v) is 9.33. The van der Waals surface area contributed by atoms with Crippen LogP contribution in [0.15, 0.2) is 0 Å². The highest BCUT2D eigenvalue weighted by molar-refractivity contribution is 5.79. The van der Waals surface area contributed by atoms with Crippen LogP contribution in [-0.2, 0) is 14.3 Å². The number of esters is 1. The second-order valence-electron chi connectivity index (χ2n) is 4.05. The molecule has 0 saturated carbocycles. The molecule has 0 spiro atoms. The predicted octanol–water partition coefficient (Wildman–Crippen LogP) is 0.447. The summed E-state index contributed by atoms with van der Waals surface area (Å²) in [6, 6.07) is 0. The van der Waals surface area contributed by atoms with Crippen molar-refractivity contribution in [2.24, 2.45) is 0 Å². The molecule has 0 unspecified atom stereocenters. The molecule has 0 aliphatic heterocycles. The molecule has 82 valence electrons. The fourth-order valence-corrected chi connectivity index (χ4v) is 1.40. The van der Waals surface area contributed by atoms with Gasteiger partial charge in [0.25, 0.3) is 0 Å². The van der Waals surface area contributed by atoms with Crippen molar-refractivity contribution in [3.8, 4) is 0 Å². The quantitative estimate of drug-likeness (QED) is 0.410. The van der Waals surface area contributed by atoms with Gasteiger partial charge in [0.15, 0.2) is 0 Å². The van der Waals surface area contributed by atoms with Gasteiger partial charge in [0.1, 0.15) is 0 Å². The van der Waals surface area contributed by atoms with E-state index in [1.165, 1.54) is 6.92 Å². The Morgan fingerprint density at radius 1 is 1.36 bits per heavy atom. The molecule has 0 fully saturated rings. The minimum Gasteiger partial charge on any atom is -0.474 e. The van der Waals surface area contributed by atoms with Gasteiger partial charge in [-0.1, -0.05) is 6.92 Å². The van der Waals surface area contributed by atoms with Crippen molar-refractivity contribution in [2.75, 3.05) is 21.1 Å².